The summed E-state index contributed by atoms with van der Waals surface area (Å²) in [5.74, 6) is 0. The minimum absolute atomic E-state index is 0.343. The molecule has 1 aromatic carbocycles. The summed E-state index contributed by atoms with van der Waals surface area (Å²) in [7, 11) is 0. The van der Waals surface area contributed by atoms with Crippen molar-refractivity contribution in [1.82, 2.24) is 9.55 Å². The van der Waals surface area contributed by atoms with Crippen LogP contribution in [0.1, 0.15) is 23.7 Å². The van der Waals surface area contributed by atoms with E-state index < -0.39 is 11.7 Å². The van der Waals surface area contributed by atoms with Crippen molar-refractivity contribution in [2.45, 2.75) is 26.1 Å². The van der Waals surface area contributed by atoms with Gasteiger partial charge >= 0.3 is 6.18 Å². The van der Waals surface area contributed by atoms with Gasteiger partial charge in [0, 0.05) is 11.9 Å². The van der Waals surface area contributed by atoms with Crippen LogP contribution in [0.3, 0.4) is 0 Å². The van der Waals surface area contributed by atoms with Gasteiger partial charge < -0.3 is 9.55 Å². The molecule has 0 aliphatic heterocycles. The predicted octanol–water partition coefficient (Wildman–Crippen LogP) is 4.18. The van der Waals surface area contributed by atoms with Crippen LogP contribution >= 0.6 is 12.2 Å². The van der Waals surface area contributed by atoms with Gasteiger partial charge in [0.1, 0.15) is 0 Å². The third kappa shape index (κ3) is 3.07. The van der Waals surface area contributed by atoms with Crippen molar-refractivity contribution in [2.24, 2.45) is 0 Å². The second kappa shape index (κ2) is 5.21. The van der Waals surface area contributed by atoms with Gasteiger partial charge in [-0.05, 0) is 36.3 Å². The Balaban J connectivity index is 2.34. The van der Waals surface area contributed by atoms with Crippen LogP contribution in [0, 0.1) is 4.77 Å². The van der Waals surface area contributed by atoms with Crippen molar-refractivity contribution in [2.75, 3.05) is 0 Å². The molecule has 0 unspecified atom stereocenters. The molecule has 0 bridgehead atoms. The summed E-state index contributed by atoms with van der Waals surface area (Å²) >= 11 is 5.13. The van der Waals surface area contributed by atoms with Gasteiger partial charge in [-0.3, -0.25) is 0 Å². The highest BCUT2D eigenvalue weighted by Gasteiger charge is 2.30. The van der Waals surface area contributed by atoms with Gasteiger partial charge in [0.25, 0.3) is 0 Å². The van der Waals surface area contributed by atoms with E-state index in [0.29, 0.717) is 16.9 Å². The predicted molar refractivity (Wildman–Crippen MR) is 69.5 cm³/mol. The zero-order valence-electron chi connectivity index (χ0n) is 10.3. The standard InChI is InChI=1S/C13H13F3N2S/c1-2-11-7-17-12(19)18(11)8-9-4-3-5-10(6-9)13(14,15)16/h3-7H,2,8H2,1H3,(H,17,19). The van der Waals surface area contributed by atoms with E-state index in [1.807, 2.05) is 11.5 Å². The molecule has 1 heterocycles. The number of aromatic amines is 1. The first kappa shape index (κ1) is 13.9. The summed E-state index contributed by atoms with van der Waals surface area (Å²) in [4.78, 5) is 2.91. The number of alkyl halides is 3. The number of aryl methyl sites for hydroxylation is 1. The Labute approximate surface area is 113 Å². The second-order valence-electron chi connectivity index (χ2n) is 4.22. The van der Waals surface area contributed by atoms with Crippen LogP contribution in [-0.2, 0) is 19.1 Å². The maximum absolute atomic E-state index is 12.6. The Morgan fingerprint density at radius 2 is 2.05 bits per heavy atom. The van der Waals surface area contributed by atoms with E-state index in [2.05, 4.69) is 4.98 Å². The number of halogens is 3. The Bertz CT molecular complexity index is 625. The Kier molecular flexibility index (Phi) is 3.80. The number of nitrogens with one attached hydrogen (secondary N) is 1. The molecule has 0 aliphatic carbocycles. The average molecular weight is 286 g/mol. The summed E-state index contributed by atoms with van der Waals surface area (Å²) in [6.07, 6.45) is -1.76. The van der Waals surface area contributed by atoms with Gasteiger partial charge in [-0.1, -0.05) is 19.1 Å². The SMILES string of the molecule is CCc1c[nH]c(=S)n1Cc1cccc(C(F)(F)F)c1. The van der Waals surface area contributed by atoms with Crippen LogP contribution in [0.2, 0.25) is 0 Å². The molecule has 6 heteroatoms. The summed E-state index contributed by atoms with van der Waals surface area (Å²) in [5.41, 5.74) is 0.924. The lowest BCUT2D eigenvalue weighted by atomic mass is 10.1. The third-order valence-corrected chi connectivity index (χ3v) is 3.25. The van der Waals surface area contributed by atoms with E-state index in [1.165, 1.54) is 6.07 Å². The number of aromatic nitrogens is 2. The highest BCUT2D eigenvalue weighted by atomic mass is 32.1. The van der Waals surface area contributed by atoms with E-state index in [9.17, 15) is 13.2 Å². The first-order valence-electron chi connectivity index (χ1n) is 5.85. The Hall–Kier alpha value is -1.56. The second-order valence-corrected chi connectivity index (χ2v) is 4.61. The zero-order valence-corrected chi connectivity index (χ0v) is 11.1. The molecule has 102 valence electrons. The minimum atomic E-state index is -4.32. The van der Waals surface area contributed by atoms with Crippen molar-refractivity contribution in [3.63, 3.8) is 0 Å². The fraction of sp³-hybridized carbons (Fsp3) is 0.308. The molecule has 0 saturated heterocycles. The molecule has 0 fully saturated rings. The van der Waals surface area contributed by atoms with E-state index >= 15 is 0 Å². The van der Waals surface area contributed by atoms with Gasteiger partial charge in [0.2, 0.25) is 0 Å². The molecule has 2 rings (SSSR count). The first-order chi connectivity index (χ1) is 8.91. The maximum Gasteiger partial charge on any atom is 0.416 e. The van der Waals surface area contributed by atoms with Crippen LogP contribution in [0.25, 0.3) is 0 Å². The minimum Gasteiger partial charge on any atom is -0.337 e. The van der Waals surface area contributed by atoms with E-state index in [1.54, 1.807) is 12.3 Å². The molecule has 1 aromatic heterocycles. The van der Waals surface area contributed by atoms with E-state index in [0.717, 1.165) is 24.2 Å². The average Bonchev–Trinajstić information content (AvgIpc) is 2.70. The number of nitrogens with zero attached hydrogens (tertiary/aromatic N) is 1. The Morgan fingerprint density at radius 1 is 1.32 bits per heavy atom. The smallest absolute Gasteiger partial charge is 0.337 e. The molecule has 19 heavy (non-hydrogen) atoms. The van der Waals surface area contributed by atoms with Gasteiger partial charge in [0.05, 0.1) is 12.1 Å². The third-order valence-electron chi connectivity index (χ3n) is 2.91. The lowest BCUT2D eigenvalue weighted by Crippen LogP contribution is -2.08. The monoisotopic (exact) mass is 286 g/mol. The van der Waals surface area contributed by atoms with Crippen molar-refractivity contribution in [1.29, 1.82) is 0 Å². The fourth-order valence-electron chi connectivity index (χ4n) is 1.93. The quantitative estimate of drug-likeness (QED) is 0.840. The summed E-state index contributed by atoms with van der Waals surface area (Å²) in [6.45, 7) is 2.32. The zero-order chi connectivity index (χ0) is 14.0. The van der Waals surface area contributed by atoms with Crippen LogP contribution in [0.15, 0.2) is 30.5 Å². The molecule has 1 N–H and O–H groups in total. The summed E-state index contributed by atoms with van der Waals surface area (Å²) in [6, 6.07) is 5.32. The number of hydrogen-bond donors (Lipinski definition) is 1. The number of H-pyrrole nitrogens is 1. The molecule has 0 amide bonds. The van der Waals surface area contributed by atoms with Gasteiger partial charge in [-0.15, -0.1) is 0 Å². The molecule has 0 radical (unpaired) electrons. The molecular weight excluding hydrogens is 273 g/mol. The number of rotatable bonds is 3. The summed E-state index contributed by atoms with van der Waals surface area (Å²) < 4.78 is 40.2. The fourth-order valence-corrected chi connectivity index (χ4v) is 2.17. The lowest BCUT2D eigenvalue weighted by Gasteiger charge is -2.10. The molecule has 0 aliphatic rings. The van der Waals surface area contributed by atoms with Crippen LogP contribution in [0.4, 0.5) is 13.2 Å². The number of imidazole rings is 1. The van der Waals surface area contributed by atoms with Crippen molar-refractivity contribution < 1.29 is 13.2 Å². The topological polar surface area (TPSA) is 20.7 Å². The van der Waals surface area contributed by atoms with Crippen LogP contribution in [0.5, 0.6) is 0 Å². The van der Waals surface area contributed by atoms with Crippen molar-refractivity contribution in [3.05, 3.63) is 52.1 Å². The van der Waals surface area contributed by atoms with Crippen LogP contribution in [-0.4, -0.2) is 9.55 Å². The van der Waals surface area contributed by atoms with Gasteiger partial charge in [-0.2, -0.15) is 13.2 Å². The maximum atomic E-state index is 12.6. The van der Waals surface area contributed by atoms with Gasteiger partial charge in [-0.25, -0.2) is 0 Å². The molecule has 2 nitrogen and oxygen atoms in total. The van der Waals surface area contributed by atoms with Crippen molar-refractivity contribution >= 4 is 12.2 Å². The largest absolute Gasteiger partial charge is 0.416 e. The number of hydrogen-bond acceptors (Lipinski definition) is 1. The van der Waals surface area contributed by atoms with Crippen LogP contribution < -0.4 is 0 Å². The number of benzene rings is 1. The molecular formula is C13H13F3N2S. The lowest BCUT2D eigenvalue weighted by molar-refractivity contribution is -0.137. The molecule has 0 saturated carbocycles. The van der Waals surface area contributed by atoms with Gasteiger partial charge in [0.15, 0.2) is 4.77 Å². The van der Waals surface area contributed by atoms with E-state index in [4.69, 9.17) is 12.2 Å². The molecule has 2 aromatic rings. The van der Waals surface area contributed by atoms with E-state index in [-0.39, 0.29) is 0 Å². The summed E-state index contributed by atoms with van der Waals surface area (Å²) in [5, 5.41) is 0. The normalized spacial score (nSPS) is 11.8. The van der Waals surface area contributed by atoms with Crippen molar-refractivity contribution in [3.8, 4) is 0 Å². The highest BCUT2D eigenvalue weighted by Crippen LogP contribution is 2.29. The molecule has 0 spiro atoms. The first-order valence-corrected chi connectivity index (χ1v) is 6.26. The highest BCUT2D eigenvalue weighted by molar-refractivity contribution is 7.71. The Morgan fingerprint density at radius 3 is 2.68 bits per heavy atom. The molecule has 0 atom stereocenters.